The van der Waals surface area contributed by atoms with Crippen molar-refractivity contribution in [1.29, 1.82) is 0 Å². The van der Waals surface area contributed by atoms with E-state index < -0.39 is 0 Å². The number of aromatic amines is 1. The number of rotatable bonds is 5. The van der Waals surface area contributed by atoms with Crippen LogP contribution < -0.4 is 5.73 Å². The van der Waals surface area contributed by atoms with E-state index in [1.54, 1.807) is 0 Å². The van der Waals surface area contributed by atoms with Crippen molar-refractivity contribution >= 4 is 22.8 Å². The minimum Gasteiger partial charge on any atom is -0.333 e. The topological polar surface area (TPSA) is 67.6 Å². The van der Waals surface area contributed by atoms with Gasteiger partial charge in [0.25, 0.3) is 0 Å². The molecule has 2 aromatic heterocycles. The minimum atomic E-state index is 0.209. The standard InChI is InChI=1S/C16H18N4S/c1-2-12(17)9-11-7-8-15(18-10-11)21-16-19-13-5-3-4-6-14(13)20-16/h3-8,10,12H,2,9,17H2,1H3,(H,19,20). The van der Waals surface area contributed by atoms with E-state index in [9.17, 15) is 0 Å². The molecule has 108 valence electrons. The van der Waals surface area contributed by atoms with Crippen molar-refractivity contribution in [3.63, 3.8) is 0 Å². The molecule has 2 heterocycles. The predicted octanol–water partition coefficient (Wildman–Crippen LogP) is 3.39. The molecule has 1 aromatic carbocycles. The number of para-hydroxylation sites is 2. The lowest BCUT2D eigenvalue weighted by Gasteiger charge is -2.08. The van der Waals surface area contributed by atoms with Crippen molar-refractivity contribution in [1.82, 2.24) is 15.0 Å². The molecule has 1 atom stereocenters. The van der Waals surface area contributed by atoms with Gasteiger partial charge in [-0.3, -0.25) is 0 Å². The van der Waals surface area contributed by atoms with Crippen LogP contribution in [0.25, 0.3) is 11.0 Å². The van der Waals surface area contributed by atoms with Crippen molar-refractivity contribution in [2.24, 2.45) is 5.73 Å². The summed E-state index contributed by atoms with van der Waals surface area (Å²) in [4.78, 5) is 12.3. The van der Waals surface area contributed by atoms with Crippen LogP contribution in [0.15, 0.2) is 52.8 Å². The maximum absolute atomic E-state index is 5.96. The third-order valence-electron chi connectivity index (χ3n) is 3.39. The van der Waals surface area contributed by atoms with E-state index in [-0.39, 0.29) is 6.04 Å². The van der Waals surface area contributed by atoms with Gasteiger partial charge in [0.2, 0.25) is 0 Å². The number of hydrogen-bond donors (Lipinski definition) is 2. The zero-order valence-electron chi connectivity index (χ0n) is 11.9. The number of nitrogens with zero attached hydrogens (tertiary/aromatic N) is 2. The van der Waals surface area contributed by atoms with Gasteiger partial charge in [0.1, 0.15) is 5.03 Å². The molecular weight excluding hydrogens is 280 g/mol. The highest BCUT2D eigenvalue weighted by Crippen LogP contribution is 2.25. The lowest BCUT2D eigenvalue weighted by atomic mass is 10.1. The fraction of sp³-hybridized carbons (Fsp3) is 0.250. The van der Waals surface area contributed by atoms with E-state index in [1.807, 2.05) is 36.5 Å². The second-order valence-corrected chi connectivity index (χ2v) is 6.05. The second kappa shape index (κ2) is 6.28. The number of pyridine rings is 1. The quantitative estimate of drug-likeness (QED) is 0.757. The Bertz CT molecular complexity index is 687. The molecule has 0 fully saturated rings. The summed E-state index contributed by atoms with van der Waals surface area (Å²) in [5.41, 5.74) is 9.16. The largest absolute Gasteiger partial charge is 0.333 e. The highest BCUT2D eigenvalue weighted by molar-refractivity contribution is 7.99. The van der Waals surface area contributed by atoms with Gasteiger partial charge >= 0.3 is 0 Å². The summed E-state index contributed by atoms with van der Waals surface area (Å²) in [7, 11) is 0. The van der Waals surface area contributed by atoms with Crippen molar-refractivity contribution in [3.05, 3.63) is 48.2 Å². The van der Waals surface area contributed by atoms with Gasteiger partial charge in [-0.15, -0.1) is 0 Å². The van der Waals surface area contributed by atoms with Crippen molar-refractivity contribution in [2.75, 3.05) is 0 Å². The van der Waals surface area contributed by atoms with E-state index in [1.165, 1.54) is 17.3 Å². The third-order valence-corrected chi connectivity index (χ3v) is 4.23. The number of benzene rings is 1. The molecule has 4 nitrogen and oxygen atoms in total. The van der Waals surface area contributed by atoms with Gasteiger partial charge in [-0.25, -0.2) is 9.97 Å². The monoisotopic (exact) mass is 298 g/mol. The Balaban J connectivity index is 1.72. The van der Waals surface area contributed by atoms with E-state index in [0.29, 0.717) is 0 Å². The lowest BCUT2D eigenvalue weighted by Crippen LogP contribution is -2.21. The minimum absolute atomic E-state index is 0.209. The van der Waals surface area contributed by atoms with Crippen LogP contribution in [0.4, 0.5) is 0 Å². The maximum atomic E-state index is 5.96. The van der Waals surface area contributed by atoms with Gasteiger partial charge in [-0.05, 0) is 48.4 Å². The Kier molecular flexibility index (Phi) is 4.22. The molecule has 3 rings (SSSR count). The van der Waals surface area contributed by atoms with Crippen LogP contribution in [0.3, 0.4) is 0 Å². The zero-order valence-corrected chi connectivity index (χ0v) is 12.7. The van der Waals surface area contributed by atoms with Gasteiger partial charge in [-0.1, -0.05) is 25.1 Å². The average molecular weight is 298 g/mol. The number of nitrogens with two attached hydrogens (primary N) is 1. The highest BCUT2D eigenvalue weighted by atomic mass is 32.2. The van der Waals surface area contributed by atoms with Crippen LogP contribution in [0, 0.1) is 0 Å². The van der Waals surface area contributed by atoms with Gasteiger partial charge in [0, 0.05) is 12.2 Å². The molecule has 0 aliphatic carbocycles. The van der Waals surface area contributed by atoms with Crippen LogP contribution in [-0.2, 0) is 6.42 Å². The zero-order chi connectivity index (χ0) is 14.7. The number of fused-ring (bicyclic) bond motifs is 1. The summed E-state index contributed by atoms with van der Waals surface area (Å²) < 4.78 is 0. The molecule has 0 aliphatic heterocycles. The third kappa shape index (κ3) is 3.43. The molecule has 0 amide bonds. The Morgan fingerprint density at radius 3 is 2.81 bits per heavy atom. The number of imidazole rings is 1. The van der Waals surface area contributed by atoms with Crippen LogP contribution in [0.5, 0.6) is 0 Å². The molecule has 21 heavy (non-hydrogen) atoms. The fourth-order valence-electron chi connectivity index (χ4n) is 2.12. The molecule has 0 bridgehead atoms. The van der Waals surface area contributed by atoms with Crippen LogP contribution >= 0.6 is 11.8 Å². The fourth-order valence-corrected chi connectivity index (χ4v) is 2.86. The summed E-state index contributed by atoms with van der Waals surface area (Å²) in [5, 5.41) is 1.80. The molecule has 0 spiro atoms. The van der Waals surface area contributed by atoms with Crippen LogP contribution in [-0.4, -0.2) is 21.0 Å². The molecule has 1 unspecified atom stereocenters. The lowest BCUT2D eigenvalue weighted by molar-refractivity contribution is 0.644. The van der Waals surface area contributed by atoms with Crippen molar-refractivity contribution < 1.29 is 0 Å². The van der Waals surface area contributed by atoms with E-state index >= 15 is 0 Å². The summed E-state index contributed by atoms with van der Waals surface area (Å²) >= 11 is 1.54. The first kappa shape index (κ1) is 14.1. The Morgan fingerprint density at radius 2 is 2.10 bits per heavy atom. The number of H-pyrrole nitrogens is 1. The van der Waals surface area contributed by atoms with Crippen molar-refractivity contribution in [3.8, 4) is 0 Å². The first-order chi connectivity index (χ1) is 10.2. The van der Waals surface area contributed by atoms with Crippen LogP contribution in [0.2, 0.25) is 0 Å². The van der Waals surface area contributed by atoms with Gasteiger partial charge in [-0.2, -0.15) is 0 Å². The maximum Gasteiger partial charge on any atom is 0.172 e. The van der Waals surface area contributed by atoms with Gasteiger partial charge in [0.15, 0.2) is 5.16 Å². The molecule has 5 heteroatoms. The average Bonchev–Trinajstić information content (AvgIpc) is 2.91. The smallest absolute Gasteiger partial charge is 0.172 e. The van der Waals surface area contributed by atoms with Crippen molar-refractivity contribution in [2.45, 2.75) is 36.0 Å². The summed E-state index contributed by atoms with van der Waals surface area (Å²) in [6.07, 6.45) is 3.76. The van der Waals surface area contributed by atoms with E-state index in [0.717, 1.165) is 34.1 Å². The summed E-state index contributed by atoms with van der Waals surface area (Å²) in [6.45, 7) is 2.10. The number of nitrogens with one attached hydrogen (secondary N) is 1. The summed E-state index contributed by atoms with van der Waals surface area (Å²) in [6, 6.07) is 12.3. The Morgan fingerprint density at radius 1 is 1.24 bits per heavy atom. The Hall–Kier alpha value is -1.85. The SMILES string of the molecule is CCC(N)Cc1ccc(Sc2nc3ccccc3[nH]2)nc1. The molecule has 0 radical (unpaired) electrons. The first-order valence-electron chi connectivity index (χ1n) is 7.07. The van der Waals surface area contributed by atoms with Crippen LogP contribution in [0.1, 0.15) is 18.9 Å². The molecule has 0 aliphatic rings. The van der Waals surface area contributed by atoms with Gasteiger partial charge < -0.3 is 10.7 Å². The highest BCUT2D eigenvalue weighted by Gasteiger charge is 2.06. The number of aromatic nitrogens is 3. The molecular formula is C16H18N4S. The molecule has 3 N–H and O–H groups in total. The molecule has 3 aromatic rings. The Labute approximate surface area is 128 Å². The number of hydrogen-bond acceptors (Lipinski definition) is 4. The first-order valence-corrected chi connectivity index (χ1v) is 7.89. The van der Waals surface area contributed by atoms with Gasteiger partial charge in [0.05, 0.1) is 11.0 Å². The predicted molar refractivity (Wildman–Crippen MR) is 86.4 cm³/mol. The molecule has 0 saturated carbocycles. The summed E-state index contributed by atoms with van der Waals surface area (Å²) in [5.74, 6) is 0. The second-order valence-electron chi connectivity index (χ2n) is 5.04. The normalized spacial score (nSPS) is 12.7. The van der Waals surface area contributed by atoms with E-state index in [2.05, 4.69) is 27.9 Å². The van der Waals surface area contributed by atoms with E-state index in [4.69, 9.17) is 5.73 Å². The molecule has 0 saturated heterocycles.